The molecule has 2 aliphatic rings. The van der Waals surface area contributed by atoms with Crippen molar-refractivity contribution in [3.63, 3.8) is 0 Å². The van der Waals surface area contributed by atoms with Gasteiger partial charge in [-0.3, -0.25) is 9.59 Å². The molecule has 0 bridgehead atoms. The number of hydrogen-bond acceptors (Lipinski definition) is 5. The average molecular weight is 411 g/mol. The van der Waals surface area contributed by atoms with Crippen LogP contribution in [-0.2, 0) is 25.7 Å². The molecular weight excluding hydrogens is 380 g/mol. The molecule has 2 saturated carbocycles. The number of rotatable bonds is 5. The fourth-order valence-electron chi connectivity index (χ4n) is 3.72. The number of hydrogen-bond donors (Lipinski definition) is 1. The molecule has 0 atom stereocenters. The van der Waals surface area contributed by atoms with Crippen LogP contribution < -0.4 is 0 Å². The van der Waals surface area contributed by atoms with Gasteiger partial charge in [-0.15, -0.1) is 0 Å². The van der Waals surface area contributed by atoms with Crippen LogP contribution in [0, 0.1) is 11.8 Å². The molecule has 5 nitrogen and oxygen atoms in total. The van der Waals surface area contributed by atoms with Crippen molar-refractivity contribution in [2.24, 2.45) is 11.8 Å². The molecule has 28 heavy (non-hydrogen) atoms. The minimum absolute atomic E-state index is 0.0309. The molecule has 0 amide bonds. The minimum atomic E-state index is -0.198. The quantitative estimate of drug-likeness (QED) is 0.580. The van der Waals surface area contributed by atoms with E-state index in [0.717, 1.165) is 51.4 Å². The zero-order valence-corrected chi connectivity index (χ0v) is 17.3. The summed E-state index contributed by atoms with van der Waals surface area (Å²) in [6.07, 6.45) is 6.70. The Bertz CT molecular complexity index is 590. The number of carbonyl (C=O) groups excluding carboxylic acids is 2. The summed E-state index contributed by atoms with van der Waals surface area (Å²) in [4.78, 5) is 22.0. The first kappa shape index (κ1) is 22.9. The van der Waals surface area contributed by atoms with Crippen LogP contribution in [0.5, 0.6) is 0 Å². The first-order chi connectivity index (χ1) is 13.5. The van der Waals surface area contributed by atoms with E-state index in [-0.39, 0.29) is 35.3 Å². The maximum atomic E-state index is 11.0. The highest BCUT2D eigenvalue weighted by molar-refractivity contribution is 6.63. The average Bonchev–Trinajstić information content (AvgIpc) is 2.74. The van der Waals surface area contributed by atoms with E-state index >= 15 is 0 Å². The Morgan fingerprint density at radius 1 is 0.964 bits per heavy atom. The molecule has 1 aromatic rings. The first-order valence-electron chi connectivity index (χ1n) is 10.1. The van der Waals surface area contributed by atoms with Crippen LogP contribution in [0.3, 0.4) is 0 Å². The number of aliphatic hydroxyl groups excluding tert-OH is 1. The number of ether oxygens (including phenoxy) is 2. The van der Waals surface area contributed by atoms with Crippen LogP contribution in [0.1, 0.15) is 56.9 Å². The molecule has 0 radical (unpaired) electrons. The highest BCUT2D eigenvalue weighted by Crippen LogP contribution is 2.28. The standard InChI is InChI=1S/C14H17ClO2.C8H14O3/c15-14(16)12-6-8-13(9-7-12)17-10-11-4-2-1-3-5-11;1-11-8(10)6-2-4-7(9)5-3-6/h1-5,12-13H,6-10H2;6-7,9H,2-5H2,1H3. The molecule has 2 aliphatic carbocycles. The SMILES string of the molecule is COC(=O)C1CCC(O)CC1.O=C(Cl)C1CCC(OCc2ccccc2)CC1. The molecule has 0 heterocycles. The van der Waals surface area contributed by atoms with Gasteiger partial charge in [0.1, 0.15) is 0 Å². The van der Waals surface area contributed by atoms with Gasteiger partial charge in [0, 0.05) is 5.92 Å². The predicted octanol–water partition coefficient (Wildman–Crippen LogP) is 4.24. The van der Waals surface area contributed by atoms with Gasteiger partial charge in [-0.2, -0.15) is 0 Å². The van der Waals surface area contributed by atoms with Crippen molar-refractivity contribution in [1.82, 2.24) is 0 Å². The molecule has 1 N–H and O–H groups in total. The van der Waals surface area contributed by atoms with Gasteiger partial charge in [-0.05, 0) is 68.5 Å². The van der Waals surface area contributed by atoms with Crippen LogP contribution in [0.25, 0.3) is 0 Å². The Morgan fingerprint density at radius 3 is 2.07 bits per heavy atom. The number of aliphatic hydroxyl groups is 1. The van der Waals surface area contributed by atoms with Gasteiger partial charge in [0.2, 0.25) is 5.24 Å². The smallest absolute Gasteiger partial charge is 0.308 e. The van der Waals surface area contributed by atoms with Crippen molar-refractivity contribution in [3.8, 4) is 0 Å². The molecule has 1 aromatic carbocycles. The molecule has 0 saturated heterocycles. The number of carbonyl (C=O) groups is 2. The zero-order valence-electron chi connectivity index (χ0n) is 16.5. The van der Waals surface area contributed by atoms with E-state index in [1.807, 2.05) is 18.2 Å². The summed E-state index contributed by atoms with van der Waals surface area (Å²) in [6, 6.07) is 10.2. The van der Waals surface area contributed by atoms with Gasteiger partial charge in [0.25, 0.3) is 0 Å². The molecule has 156 valence electrons. The van der Waals surface area contributed by atoms with Gasteiger partial charge < -0.3 is 14.6 Å². The summed E-state index contributed by atoms with van der Waals surface area (Å²) in [5, 5.41) is 8.94. The van der Waals surface area contributed by atoms with Crippen molar-refractivity contribution in [3.05, 3.63) is 35.9 Å². The Morgan fingerprint density at radius 2 is 1.54 bits per heavy atom. The lowest BCUT2D eigenvalue weighted by Gasteiger charge is -2.26. The van der Waals surface area contributed by atoms with Crippen molar-refractivity contribution in [1.29, 1.82) is 0 Å². The molecule has 2 fully saturated rings. The maximum absolute atomic E-state index is 11.0. The molecule has 3 rings (SSSR count). The van der Waals surface area contributed by atoms with E-state index in [0.29, 0.717) is 6.61 Å². The fourth-order valence-corrected chi connectivity index (χ4v) is 3.94. The summed E-state index contributed by atoms with van der Waals surface area (Å²) in [7, 11) is 1.41. The Hall–Kier alpha value is -1.43. The fraction of sp³-hybridized carbons (Fsp3) is 0.636. The van der Waals surface area contributed by atoms with Gasteiger partial charge in [0.05, 0.1) is 31.8 Å². The van der Waals surface area contributed by atoms with E-state index in [2.05, 4.69) is 16.9 Å². The van der Waals surface area contributed by atoms with Crippen LogP contribution in [-0.4, -0.2) is 35.6 Å². The second-order valence-electron chi connectivity index (χ2n) is 7.60. The third kappa shape index (κ3) is 7.90. The van der Waals surface area contributed by atoms with Crippen molar-refractivity contribution < 1.29 is 24.2 Å². The van der Waals surface area contributed by atoms with Gasteiger partial charge in [-0.25, -0.2) is 0 Å². The van der Waals surface area contributed by atoms with Crippen molar-refractivity contribution in [2.45, 2.75) is 70.2 Å². The summed E-state index contributed by atoms with van der Waals surface area (Å²) in [5.74, 6) is -0.0476. The summed E-state index contributed by atoms with van der Waals surface area (Å²) in [5.41, 5.74) is 1.20. The Kier molecular flexibility index (Phi) is 9.96. The van der Waals surface area contributed by atoms with Crippen LogP contribution in [0.2, 0.25) is 0 Å². The highest BCUT2D eigenvalue weighted by atomic mass is 35.5. The number of esters is 1. The molecule has 6 heteroatoms. The summed E-state index contributed by atoms with van der Waals surface area (Å²) < 4.78 is 10.4. The van der Waals surface area contributed by atoms with Crippen LogP contribution >= 0.6 is 11.6 Å². The lowest BCUT2D eigenvalue weighted by Crippen LogP contribution is -2.24. The topological polar surface area (TPSA) is 72.8 Å². The molecule has 0 aromatic heterocycles. The monoisotopic (exact) mass is 410 g/mol. The lowest BCUT2D eigenvalue weighted by atomic mass is 9.88. The van der Waals surface area contributed by atoms with E-state index in [1.54, 1.807) is 0 Å². The first-order valence-corrected chi connectivity index (χ1v) is 10.5. The third-order valence-corrected chi connectivity index (χ3v) is 5.86. The number of methoxy groups -OCH3 is 1. The minimum Gasteiger partial charge on any atom is -0.469 e. The van der Waals surface area contributed by atoms with Crippen molar-refractivity contribution >= 4 is 22.8 Å². The van der Waals surface area contributed by atoms with E-state index in [4.69, 9.17) is 21.4 Å². The summed E-state index contributed by atoms with van der Waals surface area (Å²) >= 11 is 5.50. The van der Waals surface area contributed by atoms with E-state index in [9.17, 15) is 9.59 Å². The maximum Gasteiger partial charge on any atom is 0.308 e. The molecule has 0 aliphatic heterocycles. The van der Waals surface area contributed by atoms with Gasteiger partial charge in [-0.1, -0.05) is 30.3 Å². The van der Waals surface area contributed by atoms with Crippen molar-refractivity contribution in [2.75, 3.05) is 7.11 Å². The van der Waals surface area contributed by atoms with Crippen LogP contribution in [0.15, 0.2) is 30.3 Å². The predicted molar refractivity (Wildman–Crippen MR) is 108 cm³/mol. The summed E-state index contributed by atoms with van der Waals surface area (Å²) in [6.45, 7) is 0.658. The largest absolute Gasteiger partial charge is 0.469 e. The second-order valence-corrected chi connectivity index (χ2v) is 7.98. The lowest BCUT2D eigenvalue weighted by molar-refractivity contribution is -0.147. The Balaban J connectivity index is 0.000000221. The molecular formula is C22H31ClO5. The van der Waals surface area contributed by atoms with Gasteiger partial charge >= 0.3 is 5.97 Å². The second kappa shape index (κ2) is 12.2. The Labute approximate surface area is 172 Å². The molecule has 0 unspecified atom stereocenters. The van der Waals surface area contributed by atoms with E-state index in [1.165, 1.54) is 12.7 Å². The highest BCUT2D eigenvalue weighted by Gasteiger charge is 2.26. The third-order valence-electron chi connectivity index (χ3n) is 5.55. The number of benzene rings is 1. The van der Waals surface area contributed by atoms with Crippen LogP contribution in [0.4, 0.5) is 0 Å². The molecule has 0 spiro atoms. The van der Waals surface area contributed by atoms with Gasteiger partial charge in [0.15, 0.2) is 0 Å². The normalized spacial score (nSPS) is 27.2. The van der Waals surface area contributed by atoms with E-state index < -0.39 is 0 Å². The zero-order chi connectivity index (χ0) is 20.4. The number of halogens is 1.